The molecular formula is C10H20N2O. The van der Waals surface area contributed by atoms with E-state index in [4.69, 9.17) is 0 Å². The normalized spacial score (nSPS) is 12.2. The van der Waals surface area contributed by atoms with Gasteiger partial charge in [-0.25, -0.2) is 0 Å². The predicted molar refractivity (Wildman–Crippen MR) is 55.6 cm³/mol. The average molecular weight is 184 g/mol. The SMILES string of the molecule is C=CCC(C)NC(=O)CCNCC. The van der Waals surface area contributed by atoms with Crippen LogP contribution in [0.2, 0.25) is 0 Å². The minimum Gasteiger partial charge on any atom is -0.353 e. The van der Waals surface area contributed by atoms with Crippen LogP contribution in [0.5, 0.6) is 0 Å². The Morgan fingerprint density at radius 2 is 2.31 bits per heavy atom. The lowest BCUT2D eigenvalue weighted by atomic mass is 10.2. The fraction of sp³-hybridized carbons (Fsp3) is 0.700. The van der Waals surface area contributed by atoms with Gasteiger partial charge in [0.25, 0.3) is 0 Å². The maximum absolute atomic E-state index is 11.2. The lowest BCUT2D eigenvalue weighted by Crippen LogP contribution is -2.34. The van der Waals surface area contributed by atoms with Crippen molar-refractivity contribution in [3.8, 4) is 0 Å². The van der Waals surface area contributed by atoms with Crippen molar-refractivity contribution in [3.05, 3.63) is 12.7 Å². The first-order valence-corrected chi connectivity index (χ1v) is 4.81. The first-order valence-electron chi connectivity index (χ1n) is 4.81. The summed E-state index contributed by atoms with van der Waals surface area (Å²) < 4.78 is 0. The molecule has 0 aliphatic carbocycles. The van der Waals surface area contributed by atoms with Gasteiger partial charge in [-0.1, -0.05) is 13.0 Å². The second-order valence-corrected chi connectivity index (χ2v) is 3.10. The predicted octanol–water partition coefficient (Wildman–Crippen LogP) is 1.07. The number of carbonyl (C=O) groups is 1. The number of hydrogen-bond acceptors (Lipinski definition) is 2. The summed E-state index contributed by atoms with van der Waals surface area (Å²) in [7, 11) is 0. The van der Waals surface area contributed by atoms with Crippen molar-refractivity contribution in [2.45, 2.75) is 32.7 Å². The topological polar surface area (TPSA) is 41.1 Å². The highest BCUT2D eigenvalue weighted by Gasteiger charge is 2.04. The Balaban J connectivity index is 3.43. The largest absolute Gasteiger partial charge is 0.353 e. The van der Waals surface area contributed by atoms with Crippen molar-refractivity contribution in [2.75, 3.05) is 13.1 Å². The fourth-order valence-corrected chi connectivity index (χ4v) is 1.03. The van der Waals surface area contributed by atoms with Gasteiger partial charge in [-0.3, -0.25) is 4.79 Å². The number of hydrogen-bond donors (Lipinski definition) is 2. The van der Waals surface area contributed by atoms with Gasteiger partial charge in [0, 0.05) is 19.0 Å². The van der Waals surface area contributed by atoms with Crippen LogP contribution in [-0.2, 0) is 4.79 Å². The van der Waals surface area contributed by atoms with Gasteiger partial charge in [-0.15, -0.1) is 6.58 Å². The molecule has 0 aliphatic heterocycles. The summed E-state index contributed by atoms with van der Waals surface area (Å²) >= 11 is 0. The minimum atomic E-state index is 0.107. The van der Waals surface area contributed by atoms with E-state index in [1.165, 1.54) is 0 Å². The monoisotopic (exact) mass is 184 g/mol. The summed E-state index contributed by atoms with van der Waals surface area (Å²) in [5.74, 6) is 0.107. The minimum absolute atomic E-state index is 0.107. The van der Waals surface area contributed by atoms with E-state index >= 15 is 0 Å². The molecule has 0 aromatic heterocycles. The fourth-order valence-electron chi connectivity index (χ4n) is 1.03. The molecule has 0 rings (SSSR count). The van der Waals surface area contributed by atoms with Crippen molar-refractivity contribution < 1.29 is 4.79 Å². The average Bonchev–Trinajstić information content (AvgIpc) is 2.05. The first kappa shape index (κ1) is 12.2. The zero-order valence-corrected chi connectivity index (χ0v) is 8.60. The Morgan fingerprint density at radius 1 is 1.62 bits per heavy atom. The molecule has 0 bridgehead atoms. The van der Waals surface area contributed by atoms with Crippen LogP contribution in [0.1, 0.15) is 26.7 Å². The second kappa shape index (κ2) is 7.80. The number of rotatable bonds is 7. The van der Waals surface area contributed by atoms with E-state index in [-0.39, 0.29) is 11.9 Å². The summed E-state index contributed by atoms with van der Waals surface area (Å²) in [4.78, 5) is 11.2. The van der Waals surface area contributed by atoms with Crippen LogP contribution >= 0.6 is 0 Å². The highest BCUT2D eigenvalue weighted by Crippen LogP contribution is 1.91. The van der Waals surface area contributed by atoms with Crippen LogP contribution in [0.25, 0.3) is 0 Å². The number of nitrogens with one attached hydrogen (secondary N) is 2. The van der Waals surface area contributed by atoms with E-state index in [0.717, 1.165) is 19.5 Å². The Morgan fingerprint density at radius 3 is 2.85 bits per heavy atom. The van der Waals surface area contributed by atoms with Gasteiger partial charge in [0.2, 0.25) is 5.91 Å². The number of amides is 1. The van der Waals surface area contributed by atoms with Crippen molar-refractivity contribution in [1.29, 1.82) is 0 Å². The van der Waals surface area contributed by atoms with E-state index in [2.05, 4.69) is 17.2 Å². The van der Waals surface area contributed by atoms with Gasteiger partial charge in [-0.2, -0.15) is 0 Å². The third kappa shape index (κ3) is 7.53. The molecule has 0 aromatic carbocycles. The Bertz CT molecular complexity index is 157. The molecule has 1 amide bonds. The van der Waals surface area contributed by atoms with Crippen LogP contribution in [0.4, 0.5) is 0 Å². The van der Waals surface area contributed by atoms with Gasteiger partial charge >= 0.3 is 0 Å². The maximum atomic E-state index is 11.2. The molecule has 2 N–H and O–H groups in total. The van der Waals surface area contributed by atoms with E-state index < -0.39 is 0 Å². The molecule has 3 nitrogen and oxygen atoms in total. The molecule has 13 heavy (non-hydrogen) atoms. The molecule has 0 spiro atoms. The molecule has 0 saturated heterocycles. The Kier molecular flexibility index (Phi) is 7.30. The summed E-state index contributed by atoms with van der Waals surface area (Å²) in [6.45, 7) is 9.29. The first-order chi connectivity index (χ1) is 6.20. The van der Waals surface area contributed by atoms with Crippen LogP contribution < -0.4 is 10.6 Å². The molecule has 1 atom stereocenters. The van der Waals surface area contributed by atoms with Crippen LogP contribution in [0.15, 0.2) is 12.7 Å². The zero-order valence-electron chi connectivity index (χ0n) is 8.60. The standard InChI is InChI=1S/C10H20N2O/c1-4-6-9(3)12-10(13)7-8-11-5-2/h4,9,11H,1,5-8H2,2-3H3,(H,12,13). The van der Waals surface area contributed by atoms with Gasteiger partial charge in [-0.05, 0) is 19.9 Å². The van der Waals surface area contributed by atoms with Crippen LogP contribution in [0.3, 0.4) is 0 Å². The Hall–Kier alpha value is -0.830. The van der Waals surface area contributed by atoms with Crippen molar-refractivity contribution in [3.63, 3.8) is 0 Å². The van der Waals surface area contributed by atoms with E-state index in [1.54, 1.807) is 0 Å². The molecule has 1 unspecified atom stereocenters. The van der Waals surface area contributed by atoms with Crippen LogP contribution in [-0.4, -0.2) is 25.0 Å². The van der Waals surface area contributed by atoms with Gasteiger partial charge < -0.3 is 10.6 Å². The molecule has 0 aromatic rings. The molecule has 0 saturated carbocycles. The molecule has 0 aliphatic rings. The Labute approximate surface area is 80.6 Å². The zero-order chi connectivity index (χ0) is 10.1. The summed E-state index contributed by atoms with van der Waals surface area (Å²) in [6.07, 6.45) is 3.19. The summed E-state index contributed by atoms with van der Waals surface area (Å²) in [6, 6.07) is 0.201. The summed E-state index contributed by atoms with van der Waals surface area (Å²) in [5.41, 5.74) is 0. The van der Waals surface area contributed by atoms with Crippen LogP contribution in [0, 0.1) is 0 Å². The molecule has 0 radical (unpaired) electrons. The van der Waals surface area contributed by atoms with E-state index in [9.17, 15) is 4.79 Å². The highest BCUT2D eigenvalue weighted by atomic mass is 16.1. The maximum Gasteiger partial charge on any atom is 0.221 e. The smallest absolute Gasteiger partial charge is 0.221 e. The lowest BCUT2D eigenvalue weighted by molar-refractivity contribution is -0.121. The van der Waals surface area contributed by atoms with E-state index in [0.29, 0.717) is 6.42 Å². The van der Waals surface area contributed by atoms with Crippen molar-refractivity contribution >= 4 is 5.91 Å². The lowest BCUT2D eigenvalue weighted by Gasteiger charge is -2.11. The molecular weight excluding hydrogens is 164 g/mol. The van der Waals surface area contributed by atoms with Gasteiger partial charge in [0.1, 0.15) is 0 Å². The molecule has 0 fully saturated rings. The third-order valence-electron chi connectivity index (χ3n) is 1.71. The summed E-state index contributed by atoms with van der Waals surface area (Å²) in [5, 5.41) is 5.99. The van der Waals surface area contributed by atoms with Gasteiger partial charge in [0.15, 0.2) is 0 Å². The highest BCUT2D eigenvalue weighted by molar-refractivity contribution is 5.76. The third-order valence-corrected chi connectivity index (χ3v) is 1.71. The molecule has 3 heteroatoms. The molecule has 0 heterocycles. The second-order valence-electron chi connectivity index (χ2n) is 3.10. The van der Waals surface area contributed by atoms with E-state index in [1.807, 2.05) is 19.9 Å². The number of carbonyl (C=O) groups excluding carboxylic acids is 1. The van der Waals surface area contributed by atoms with Gasteiger partial charge in [0.05, 0.1) is 0 Å². The van der Waals surface area contributed by atoms with Crippen molar-refractivity contribution in [2.24, 2.45) is 0 Å². The quantitative estimate of drug-likeness (QED) is 0.459. The van der Waals surface area contributed by atoms with Crippen molar-refractivity contribution in [1.82, 2.24) is 10.6 Å². The molecule has 76 valence electrons.